The number of pyridine rings is 1. The Hall–Kier alpha value is -1.62. The minimum Gasteiger partial charge on any atom is -0.356 e. The molecular weight excluding hydrogens is 270 g/mol. The van der Waals surface area contributed by atoms with Gasteiger partial charge in [-0.05, 0) is 34.1 Å². The fraction of sp³-hybridized carbons (Fsp3) is 0.0909. The van der Waals surface area contributed by atoms with Crippen molar-refractivity contribution in [2.75, 3.05) is 11.9 Å². The van der Waals surface area contributed by atoms with E-state index >= 15 is 0 Å². The van der Waals surface area contributed by atoms with E-state index in [1.54, 1.807) is 42.7 Å². The van der Waals surface area contributed by atoms with Gasteiger partial charge in [0.15, 0.2) is 0 Å². The monoisotopic (exact) mass is 279 g/mol. The summed E-state index contributed by atoms with van der Waals surface area (Å²) in [6.45, 7) is 0. The third-order valence-corrected chi connectivity index (χ3v) is 2.67. The quantitative estimate of drug-likeness (QED) is 0.918. The zero-order chi connectivity index (χ0) is 11.5. The molecule has 0 spiro atoms. The fourth-order valence-corrected chi connectivity index (χ4v) is 1.68. The highest BCUT2D eigenvalue weighted by Crippen LogP contribution is 2.16. The van der Waals surface area contributed by atoms with Gasteiger partial charge < -0.3 is 9.88 Å². The predicted molar refractivity (Wildman–Crippen MR) is 65.5 cm³/mol. The molecule has 2 aromatic rings. The second kappa shape index (κ2) is 4.49. The van der Waals surface area contributed by atoms with Crippen LogP contribution >= 0.6 is 15.9 Å². The van der Waals surface area contributed by atoms with Crippen LogP contribution in [0.2, 0.25) is 0 Å². The van der Waals surface area contributed by atoms with E-state index < -0.39 is 0 Å². The normalized spacial score (nSPS) is 10.1. The molecule has 5 heteroatoms. The third-order valence-electron chi connectivity index (χ3n) is 2.22. The lowest BCUT2D eigenvalue weighted by Crippen LogP contribution is -2.26. The van der Waals surface area contributed by atoms with Crippen LogP contribution in [0.1, 0.15) is 10.5 Å². The first-order valence-corrected chi connectivity index (χ1v) is 5.50. The number of amides is 1. The van der Waals surface area contributed by atoms with Gasteiger partial charge in [-0.25, -0.2) is 0 Å². The zero-order valence-corrected chi connectivity index (χ0v) is 10.2. The molecule has 0 saturated carbocycles. The Bertz CT molecular complexity index is 495. The number of nitrogens with zero attached hydrogens (tertiary/aromatic N) is 2. The number of aromatic amines is 1. The van der Waals surface area contributed by atoms with E-state index in [1.807, 2.05) is 6.07 Å². The summed E-state index contributed by atoms with van der Waals surface area (Å²) in [6, 6.07) is 5.38. The van der Waals surface area contributed by atoms with E-state index in [1.165, 1.54) is 0 Å². The molecule has 0 aliphatic heterocycles. The highest BCUT2D eigenvalue weighted by molar-refractivity contribution is 9.10. The number of halogens is 1. The van der Waals surface area contributed by atoms with Crippen molar-refractivity contribution in [3.63, 3.8) is 0 Å². The van der Waals surface area contributed by atoms with Crippen LogP contribution in [0.3, 0.4) is 0 Å². The Labute approximate surface area is 101 Å². The Balaban J connectivity index is 2.23. The maximum Gasteiger partial charge on any atom is 0.274 e. The Morgan fingerprint density at radius 3 is 2.94 bits per heavy atom. The number of rotatable bonds is 2. The van der Waals surface area contributed by atoms with Crippen LogP contribution in [0.5, 0.6) is 0 Å². The van der Waals surface area contributed by atoms with Crippen molar-refractivity contribution in [1.82, 2.24) is 9.97 Å². The lowest BCUT2D eigenvalue weighted by Gasteiger charge is -2.15. The predicted octanol–water partition coefficient (Wildman–Crippen LogP) is 2.45. The van der Waals surface area contributed by atoms with Gasteiger partial charge in [0.1, 0.15) is 5.69 Å². The van der Waals surface area contributed by atoms with E-state index in [9.17, 15) is 4.79 Å². The summed E-state index contributed by atoms with van der Waals surface area (Å²) < 4.78 is 0.857. The molecule has 0 radical (unpaired) electrons. The molecule has 2 aromatic heterocycles. The highest BCUT2D eigenvalue weighted by Gasteiger charge is 2.14. The summed E-state index contributed by atoms with van der Waals surface area (Å²) in [5.41, 5.74) is 1.30. The Morgan fingerprint density at radius 1 is 1.56 bits per heavy atom. The molecule has 0 fully saturated rings. The minimum absolute atomic E-state index is 0.0984. The van der Waals surface area contributed by atoms with Crippen molar-refractivity contribution in [3.8, 4) is 0 Å². The summed E-state index contributed by atoms with van der Waals surface area (Å²) in [5.74, 6) is -0.0984. The highest BCUT2D eigenvalue weighted by atomic mass is 79.9. The van der Waals surface area contributed by atoms with Crippen molar-refractivity contribution in [3.05, 3.63) is 47.0 Å². The molecule has 0 aromatic carbocycles. The molecule has 1 amide bonds. The van der Waals surface area contributed by atoms with Crippen LogP contribution in [0.15, 0.2) is 41.3 Å². The average molecular weight is 280 g/mol. The van der Waals surface area contributed by atoms with Crippen LogP contribution in [0, 0.1) is 0 Å². The van der Waals surface area contributed by atoms with Crippen molar-refractivity contribution in [2.24, 2.45) is 0 Å². The first-order chi connectivity index (χ1) is 7.68. The molecule has 0 unspecified atom stereocenters. The summed E-state index contributed by atoms with van der Waals surface area (Å²) in [6.07, 6.45) is 5.05. The standard InChI is InChI=1S/C11H10BrN3O/c1-15(9-3-2-4-13-7-9)11(16)10-5-8(12)6-14-10/h2-7,14H,1H3. The van der Waals surface area contributed by atoms with E-state index in [0.717, 1.165) is 10.2 Å². The van der Waals surface area contributed by atoms with E-state index in [0.29, 0.717) is 5.69 Å². The number of nitrogens with one attached hydrogen (secondary N) is 1. The number of carbonyl (C=O) groups is 1. The SMILES string of the molecule is CN(C(=O)c1cc(Br)c[nH]1)c1cccnc1. The van der Waals surface area contributed by atoms with Gasteiger partial charge in [0.05, 0.1) is 11.9 Å². The van der Waals surface area contributed by atoms with Crippen LogP contribution < -0.4 is 4.90 Å². The van der Waals surface area contributed by atoms with E-state index in [-0.39, 0.29) is 5.91 Å². The van der Waals surface area contributed by atoms with Crippen LogP contribution in [-0.2, 0) is 0 Å². The van der Waals surface area contributed by atoms with Crippen molar-refractivity contribution >= 4 is 27.5 Å². The molecule has 2 rings (SSSR count). The van der Waals surface area contributed by atoms with Crippen molar-refractivity contribution in [2.45, 2.75) is 0 Å². The lowest BCUT2D eigenvalue weighted by molar-refractivity contribution is 0.0989. The maximum absolute atomic E-state index is 12.0. The van der Waals surface area contributed by atoms with Gasteiger partial charge in [-0.1, -0.05) is 0 Å². The Kier molecular flexibility index (Phi) is 3.05. The maximum atomic E-state index is 12.0. The summed E-state index contributed by atoms with van der Waals surface area (Å²) in [5, 5.41) is 0. The summed E-state index contributed by atoms with van der Waals surface area (Å²) in [4.78, 5) is 20.4. The van der Waals surface area contributed by atoms with Crippen molar-refractivity contribution in [1.29, 1.82) is 0 Å². The lowest BCUT2D eigenvalue weighted by atomic mass is 10.3. The number of hydrogen-bond acceptors (Lipinski definition) is 2. The molecule has 0 aliphatic carbocycles. The van der Waals surface area contributed by atoms with Gasteiger partial charge in [0.2, 0.25) is 0 Å². The number of carbonyl (C=O) groups excluding carboxylic acids is 1. The Morgan fingerprint density at radius 2 is 2.38 bits per heavy atom. The van der Waals surface area contributed by atoms with Gasteiger partial charge in [-0.15, -0.1) is 0 Å². The number of hydrogen-bond donors (Lipinski definition) is 1. The van der Waals surface area contributed by atoms with Crippen LogP contribution in [-0.4, -0.2) is 22.9 Å². The fourth-order valence-electron chi connectivity index (χ4n) is 1.34. The number of anilines is 1. The largest absolute Gasteiger partial charge is 0.356 e. The summed E-state index contributed by atoms with van der Waals surface area (Å²) >= 11 is 3.29. The third kappa shape index (κ3) is 2.14. The molecule has 2 heterocycles. The van der Waals surface area contributed by atoms with Gasteiger partial charge in [0.25, 0.3) is 5.91 Å². The molecular formula is C11H10BrN3O. The smallest absolute Gasteiger partial charge is 0.274 e. The molecule has 0 bridgehead atoms. The molecule has 1 N–H and O–H groups in total. The summed E-state index contributed by atoms with van der Waals surface area (Å²) in [7, 11) is 1.72. The second-order valence-electron chi connectivity index (χ2n) is 3.31. The van der Waals surface area contributed by atoms with Crippen LogP contribution in [0.4, 0.5) is 5.69 Å². The van der Waals surface area contributed by atoms with E-state index in [4.69, 9.17) is 0 Å². The second-order valence-corrected chi connectivity index (χ2v) is 4.22. The molecule has 0 saturated heterocycles. The number of H-pyrrole nitrogens is 1. The van der Waals surface area contributed by atoms with Crippen molar-refractivity contribution < 1.29 is 4.79 Å². The topological polar surface area (TPSA) is 49.0 Å². The van der Waals surface area contributed by atoms with Crippen LogP contribution in [0.25, 0.3) is 0 Å². The molecule has 16 heavy (non-hydrogen) atoms. The van der Waals surface area contributed by atoms with Gasteiger partial charge in [0, 0.05) is 23.9 Å². The van der Waals surface area contributed by atoms with E-state index in [2.05, 4.69) is 25.9 Å². The van der Waals surface area contributed by atoms with Gasteiger partial charge in [-0.2, -0.15) is 0 Å². The molecule has 0 atom stereocenters. The molecule has 4 nitrogen and oxygen atoms in total. The van der Waals surface area contributed by atoms with Gasteiger partial charge >= 0.3 is 0 Å². The molecule has 0 aliphatic rings. The first kappa shape index (κ1) is 10.9. The molecule has 82 valence electrons. The van der Waals surface area contributed by atoms with Gasteiger partial charge in [-0.3, -0.25) is 9.78 Å². The zero-order valence-electron chi connectivity index (χ0n) is 8.64. The minimum atomic E-state index is -0.0984. The average Bonchev–Trinajstić information content (AvgIpc) is 2.75. The number of aromatic nitrogens is 2. The first-order valence-electron chi connectivity index (χ1n) is 4.70.